The van der Waals surface area contributed by atoms with Crippen LogP contribution in [-0.4, -0.2) is 9.29 Å². The molecule has 0 aromatic heterocycles. The first-order valence-electron chi connectivity index (χ1n) is 0.408. The van der Waals surface area contributed by atoms with Gasteiger partial charge in [-0.2, -0.15) is 0 Å². The smallest absolute Gasteiger partial charge is 0.274 e. The molecular weight excluding hydrogens is 273 g/mol. The zero-order valence-corrected chi connectivity index (χ0v) is 9.66. The number of hydrogen-bond acceptors (Lipinski definition) is 2. The van der Waals surface area contributed by atoms with E-state index in [4.69, 9.17) is 8.92 Å². The molecule has 0 amide bonds. The Morgan fingerprint density at radius 2 is 0.556 bits per heavy atom. The first kappa shape index (κ1) is 76.2. The molecule has 0 heterocycles. The monoisotopic (exact) mass is 276 g/mol. The van der Waals surface area contributed by atoms with E-state index in [9.17, 15) is 0 Å². The van der Waals surface area contributed by atoms with Crippen molar-refractivity contribution in [1.29, 1.82) is 0 Å². The van der Waals surface area contributed by atoms with Crippen molar-refractivity contribution in [2.75, 3.05) is 0 Å². The molecule has 0 unspecified atom stereocenters. The second kappa shape index (κ2) is 107. The third-order valence-electron chi connectivity index (χ3n) is 0. The van der Waals surface area contributed by atoms with Crippen LogP contribution < -0.4 is 0 Å². The van der Waals surface area contributed by atoms with Gasteiger partial charge in [-0.25, -0.2) is 0 Å². The molecule has 0 radical (unpaired) electrons. The standard InChI is InChI=1S/6ClH.O2Si/c;;;;;;1-3-2/h6*1H;. The zero-order chi connectivity index (χ0) is 2.71. The summed E-state index contributed by atoms with van der Waals surface area (Å²) < 4.78 is 16.8. The zero-order valence-electron chi connectivity index (χ0n) is 3.77. The highest BCUT2D eigenvalue weighted by Crippen LogP contribution is 0.760. The van der Waals surface area contributed by atoms with Gasteiger partial charge in [0.1, 0.15) is 0 Å². The summed E-state index contributed by atoms with van der Waals surface area (Å²) in [6.07, 6.45) is 0. The van der Waals surface area contributed by atoms with E-state index in [0.29, 0.717) is 0 Å². The molecule has 0 aliphatic rings. The van der Waals surface area contributed by atoms with E-state index in [1.54, 1.807) is 0 Å². The van der Waals surface area contributed by atoms with Gasteiger partial charge in [-0.3, -0.25) is 8.92 Å². The summed E-state index contributed by atoms with van der Waals surface area (Å²) >= 11 is 0. The third kappa shape index (κ3) is 225. The fraction of sp³-hybridized carbons (Fsp3) is 0. The molecule has 64 valence electrons. The fourth-order valence-corrected chi connectivity index (χ4v) is 0. The Morgan fingerprint density at radius 3 is 0.556 bits per heavy atom. The summed E-state index contributed by atoms with van der Waals surface area (Å²) in [4.78, 5) is 0. The van der Waals surface area contributed by atoms with Crippen molar-refractivity contribution in [3.8, 4) is 0 Å². The molecule has 0 rings (SSSR count). The maximum absolute atomic E-state index is 8.40. The van der Waals surface area contributed by atoms with Crippen molar-refractivity contribution in [2.45, 2.75) is 0 Å². The van der Waals surface area contributed by atoms with Crippen LogP contribution in [0.15, 0.2) is 0 Å². The van der Waals surface area contributed by atoms with Crippen molar-refractivity contribution in [2.24, 2.45) is 0 Å². The lowest BCUT2D eigenvalue weighted by Crippen LogP contribution is -1.26. The van der Waals surface area contributed by atoms with Gasteiger partial charge in [-0.15, -0.1) is 74.4 Å². The minimum absolute atomic E-state index is 0. The largest absolute Gasteiger partial charge is 0.549 e. The van der Waals surface area contributed by atoms with Crippen LogP contribution in [0.3, 0.4) is 0 Å². The molecule has 0 aromatic carbocycles. The van der Waals surface area contributed by atoms with Crippen molar-refractivity contribution in [1.82, 2.24) is 0 Å². The van der Waals surface area contributed by atoms with Gasteiger partial charge in [0, 0.05) is 0 Å². The predicted molar refractivity (Wildman–Crippen MR) is 50.6 cm³/mol. The highest BCUT2D eigenvalue weighted by Gasteiger charge is 1.22. The van der Waals surface area contributed by atoms with E-state index >= 15 is 0 Å². The Kier molecular flexibility index (Phi) is 906. The third-order valence-corrected chi connectivity index (χ3v) is 0. The van der Waals surface area contributed by atoms with Gasteiger partial charge < -0.3 is 0 Å². The second-order valence-corrected chi connectivity index (χ2v) is 0.250. The lowest BCUT2D eigenvalue weighted by molar-refractivity contribution is 0.497. The summed E-state index contributed by atoms with van der Waals surface area (Å²) in [7, 11) is -1.42. The molecule has 0 fully saturated rings. The summed E-state index contributed by atoms with van der Waals surface area (Å²) in [5.74, 6) is 0. The van der Waals surface area contributed by atoms with Crippen molar-refractivity contribution < 1.29 is 8.92 Å². The molecule has 0 bridgehead atoms. The molecule has 0 saturated carbocycles. The van der Waals surface area contributed by atoms with Crippen LogP contribution in [0.25, 0.3) is 0 Å². The van der Waals surface area contributed by atoms with E-state index < -0.39 is 9.29 Å². The van der Waals surface area contributed by atoms with Crippen molar-refractivity contribution in [3.63, 3.8) is 0 Å². The van der Waals surface area contributed by atoms with Crippen LogP contribution in [0, 0.1) is 0 Å². The van der Waals surface area contributed by atoms with Gasteiger partial charge in [0.25, 0.3) is 0 Å². The van der Waals surface area contributed by atoms with Crippen LogP contribution in [0.5, 0.6) is 0 Å². The average Bonchev–Trinajstić information content (AvgIpc) is 0.918. The first-order chi connectivity index (χ1) is 1.41. The Labute approximate surface area is 92.3 Å². The van der Waals surface area contributed by atoms with Gasteiger partial charge in [-0.05, 0) is 0 Å². The SMILES string of the molecule is Cl.Cl.Cl.Cl.Cl.Cl.O=[Si]=O. The molecule has 0 atom stereocenters. The Balaban J connectivity index is -0.00000000133. The van der Waals surface area contributed by atoms with Gasteiger partial charge in [0.05, 0.1) is 0 Å². The molecule has 0 N–H and O–H groups in total. The molecule has 9 heteroatoms. The van der Waals surface area contributed by atoms with Crippen molar-refractivity contribution in [3.05, 3.63) is 0 Å². The van der Waals surface area contributed by atoms with E-state index in [1.807, 2.05) is 0 Å². The molecular formula is H6Cl6O2Si. The highest BCUT2D eigenvalue weighted by molar-refractivity contribution is 5.94. The van der Waals surface area contributed by atoms with Crippen LogP contribution >= 0.6 is 74.4 Å². The molecule has 0 aliphatic heterocycles. The van der Waals surface area contributed by atoms with Crippen LogP contribution in [-0.2, 0) is 8.92 Å². The minimum atomic E-state index is -1.42. The number of hydrogen-bond donors (Lipinski definition) is 0. The maximum Gasteiger partial charge on any atom is 0.549 e. The normalized spacial score (nSPS) is 0.889. The Morgan fingerprint density at radius 1 is 0.556 bits per heavy atom. The Bertz CT molecular complexity index is 32.0. The molecule has 2 nitrogen and oxygen atoms in total. The highest BCUT2D eigenvalue weighted by atomic mass is 35.5. The lowest BCUT2D eigenvalue weighted by atomic mass is 15.9. The van der Waals surface area contributed by atoms with E-state index in [-0.39, 0.29) is 74.4 Å². The molecule has 9 heavy (non-hydrogen) atoms. The molecule has 0 saturated heterocycles. The van der Waals surface area contributed by atoms with E-state index in [0.717, 1.165) is 0 Å². The van der Waals surface area contributed by atoms with Crippen LogP contribution in [0.4, 0.5) is 0 Å². The quantitative estimate of drug-likeness (QED) is 0.635. The van der Waals surface area contributed by atoms with Crippen LogP contribution in [0.2, 0.25) is 0 Å². The van der Waals surface area contributed by atoms with E-state index in [2.05, 4.69) is 0 Å². The predicted octanol–water partition coefficient (Wildman–Crippen LogP) is 1.91. The van der Waals surface area contributed by atoms with Crippen LogP contribution in [0.1, 0.15) is 0 Å². The summed E-state index contributed by atoms with van der Waals surface area (Å²) in [5.41, 5.74) is 0. The second-order valence-electron chi connectivity index (χ2n) is 0.0833. The van der Waals surface area contributed by atoms with Gasteiger partial charge >= 0.3 is 9.29 Å². The summed E-state index contributed by atoms with van der Waals surface area (Å²) in [5, 5.41) is 0. The summed E-state index contributed by atoms with van der Waals surface area (Å²) in [6.45, 7) is 0. The maximum atomic E-state index is 8.40. The molecule has 0 spiro atoms. The van der Waals surface area contributed by atoms with Crippen molar-refractivity contribution >= 4 is 83.7 Å². The van der Waals surface area contributed by atoms with Gasteiger partial charge in [0.2, 0.25) is 0 Å². The molecule has 0 aliphatic carbocycles. The van der Waals surface area contributed by atoms with Gasteiger partial charge in [-0.1, -0.05) is 0 Å². The first-order valence-corrected chi connectivity index (χ1v) is 1.22. The Hall–Kier alpha value is 1.56. The minimum Gasteiger partial charge on any atom is -0.274 e. The number of rotatable bonds is 0. The average molecular weight is 279 g/mol. The topological polar surface area (TPSA) is 34.1 Å². The summed E-state index contributed by atoms with van der Waals surface area (Å²) in [6, 6.07) is 0. The lowest BCUT2D eigenvalue weighted by Gasteiger charge is -0.944. The molecule has 0 aromatic rings. The van der Waals surface area contributed by atoms with Gasteiger partial charge in [0.15, 0.2) is 0 Å². The van der Waals surface area contributed by atoms with E-state index in [1.165, 1.54) is 0 Å². The number of halogens is 6. The fourth-order valence-electron chi connectivity index (χ4n) is 0.